The van der Waals surface area contributed by atoms with Crippen LogP contribution in [0.5, 0.6) is 0 Å². The molecule has 2 aliphatic rings. The molecule has 7 heteroatoms. The minimum atomic E-state index is -0.720. The number of thiazole rings is 1. The standard InChI is InChI=1S/C12H15N3O3S/c16-9(14-11-13-2-4-19-11)6-15-3-1-8-5-12(8,7-15)10(17)18/h2,4,8H,1,3,5-7H2,(H,17,18)(H,13,14,16). The van der Waals surface area contributed by atoms with Crippen LogP contribution < -0.4 is 5.32 Å². The van der Waals surface area contributed by atoms with E-state index in [0.717, 1.165) is 19.4 Å². The maximum atomic E-state index is 11.8. The number of carboxylic acids is 1. The summed E-state index contributed by atoms with van der Waals surface area (Å²) in [6.45, 7) is 1.52. The van der Waals surface area contributed by atoms with Crippen LogP contribution in [0.2, 0.25) is 0 Å². The predicted octanol–water partition coefficient (Wildman–Crippen LogP) is 0.878. The van der Waals surface area contributed by atoms with Gasteiger partial charge in [0.2, 0.25) is 5.91 Å². The molecule has 0 spiro atoms. The Hall–Kier alpha value is -1.47. The van der Waals surface area contributed by atoms with E-state index in [0.29, 0.717) is 17.6 Å². The van der Waals surface area contributed by atoms with Crippen LogP contribution in [0.4, 0.5) is 5.13 Å². The summed E-state index contributed by atoms with van der Waals surface area (Å²) in [5.41, 5.74) is -0.584. The van der Waals surface area contributed by atoms with Gasteiger partial charge < -0.3 is 10.4 Å². The lowest BCUT2D eigenvalue weighted by atomic mass is 9.97. The Balaban J connectivity index is 1.56. The van der Waals surface area contributed by atoms with E-state index in [1.165, 1.54) is 11.3 Å². The highest BCUT2D eigenvalue weighted by molar-refractivity contribution is 7.13. The van der Waals surface area contributed by atoms with E-state index in [-0.39, 0.29) is 12.5 Å². The molecule has 2 unspecified atom stereocenters. The first-order valence-corrected chi connectivity index (χ1v) is 7.13. The van der Waals surface area contributed by atoms with Gasteiger partial charge in [0.05, 0.1) is 12.0 Å². The molecule has 1 aromatic rings. The van der Waals surface area contributed by atoms with Crippen molar-refractivity contribution in [2.45, 2.75) is 12.8 Å². The van der Waals surface area contributed by atoms with Gasteiger partial charge in [-0.15, -0.1) is 11.3 Å². The normalized spacial score (nSPS) is 29.6. The number of anilines is 1. The van der Waals surface area contributed by atoms with Crippen molar-refractivity contribution in [3.63, 3.8) is 0 Å². The van der Waals surface area contributed by atoms with E-state index in [2.05, 4.69) is 10.3 Å². The fourth-order valence-corrected chi connectivity index (χ4v) is 3.43. The average Bonchev–Trinajstić information content (AvgIpc) is 2.89. The molecule has 2 atom stereocenters. The lowest BCUT2D eigenvalue weighted by molar-refractivity contribution is -0.146. The molecule has 2 fully saturated rings. The van der Waals surface area contributed by atoms with Crippen molar-refractivity contribution in [3.05, 3.63) is 11.6 Å². The molecule has 0 bridgehead atoms. The summed E-state index contributed by atoms with van der Waals surface area (Å²) in [6.07, 6.45) is 3.26. The Morgan fingerprint density at radius 1 is 1.63 bits per heavy atom. The topological polar surface area (TPSA) is 82.5 Å². The molecule has 0 radical (unpaired) electrons. The second-order valence-corrected chi connectivity index (χ2v) is 6.14. The van der Waals surface area contributed by atoms with Gasteiger partial charge in [-0.3, -0.25) is 14.5 Å². The van der Waals surface area contributed by atoms with Gasteiger partial charge in [-0.2, -0.15) is 0 Å². The Bertz CT molecular complexity index is 504. The lowest BCUT2D eigenvalue weighted by Crippen LogP contribution is -2.44. The van der Waals surface area contributed by atoms with E-state index >= 15 is 0 Å². The first-order valence-electron chi connectivity index (χ1n) is 6.25. The second-order valence-electron chi connectivity index (χ2n) is 5.25. The summed E-state index contributed by atoms with van der Waals surface area (Å²) >= 11 is 1.37. The lowest BCUT2D eigenvalue weighted by Gasteiger charge is -2.29. The summed E-state index contributed by atoms with van der Waals surface area (Å²) in [5.74, 6) is -0.541. The molecule has 102 valence electrons. The number of likely N-dealkylation sites (tertiary alicyclic amines) is 1. The smallest absolute Gasteiger partial charge is 0.311 e. The van der Waals surface area contributed by atoms with E-state index < -0.39 is 11.4 Å². The SMILES string of the molecule is O=C(CN1CCC2CC2(C(=O)O)C1)Nc1nccs1. The van der Waals surface area contributed by atoms with E-state index in [9.17, 15) is 14.7 Å². The number of aliphatic carboxylic acids is 1. The second kappa shape index (κ2) is 4.57. The summed E-state index contributed by atoms with van der Waals surface area (Å²) in [7, 11) is 0. The first-order chi connectivity index (χ1) is 9.10. The largest absolute Gasteiger partial charge is 0.481 e. The van der Waals surface area contributed by atoms with Crippen LogP contribution in [-0.4, -0.2) is 46.5 Å². The van der Waals surface area contributed by atoms with Crippen molar-refractivity contribution in [3.8, 4) is 0 Å². The fourth-order valence-electron chi connectivity index (χ4n) is 2.88. The number of aromatic nitrogens is 1. The highest BCUT2D eigenvalue weighted by Gasteiger charge is 2.62. The van der Waals surface area contributed by atoms with Crippen molar-refractivity contribution in [1.29, 1.82) is 0 Å². The minimum Gasteiger partial charge on any atom is -0.481 e. The summed E-state index contributed by atoms with van der Waals surface area (Å²) in [5, 5.41) is 14.4. The Labute approximate surface area is 114 Å². The molecule has 1 amide bonds. The fraction of sp³-hybridized carbons (Fsp3) is 0.583. The number of nitrogens with zero attached hydrogens (tertiary/aromatic N) is 2. The summed E-state index contributed by atoms with van der Waals surface area (Å²) in [6, 6.07) is 0. The number of piperidine rings is 1. The molecule has 1 aliphatic carbocycles. The molecule has 1 aromatic heterocycles. The zero-order chi connectivity index (χ0) is 13.5. The quantitative estimate of drug-likeness (QED) is 0.856. The third kappa shape index (κ3) is 2.35. The maximum Gasteiger partial charge on any atom is 0.311 e. The zero-order valence-electron chi connectivity index (χ0n) is 10.3. The van der Waals surface area contributed by atoms with Gasteiger partial charge in [-0.25, -0.2) is 4.98 Å². The molecular weight excluding hydrogens is 266 g/mol. The molecule has 19 heavy (non-hydrogen) atoms. The molecule has 1 saturated heterocycles. The van der Waals surface area contributed by atoms with Crippen LogP contribution >= 0.6 is 11.3 Å². The first kappa shape index (κ1) is 12.6. The number of hydrogen-bond donors (Lipinski definition) is 2. The Morgan fingerprint density at radius 2 is 2.47 bits per heavy atom. The van der Waals surface area contributed by atoms with E-state index in [4.69, 9.17) is 0 Å². The molecule has 0 aromatic carbocycles. The Morgan fingerprint density at radius 3 is 3.16 bits per heavy atom. The van der Waals surface area contributed by atoms with Gasteiger partial charge in [-0.1, -0.05) is 0 Å². The third-order valence-electron chi connectivity index (χ3n) is 4.00. The van der Waals surface area contributed by atoms with Gasteiger partial charge in [-0.05, 0) is 25.3 Å². The van der Waals surface area contributed by atoms with Gasteiger partial charge in [0.1, 0.15) is 0 Å². The average molecular weight is 281 g/mol. The number of fused-ring (bicyclic) bond motifs is 1. The predicted molar refractivity (Wildman–Crippen MR) is 70.0 cm³/mol. The van der Waals surface area contributed by atoms with Crippen LogP contribution in [0.3, 0.4) is 0 Å². The minimum absolute atomic E-state index is 0.130. The van der Waals surface area contributed by atoms with Crippen LogP contribution in [0.25, 0.3) is 0 Å². The van der Waals surface area contributed by atoms with Crippen LogP contribution in [0.15, 0.2) is 11.6 Å². The highest BCUT2D eigenvalue weighted by Crippen LogP contribution is 2.57. The number of carbonyl (C=O) groups is 2. The molecule has 1 saturated carbocycles. The van der Waals surface area contributed by atoms with Crippen molar-refractivity contribution in [2.24, 2.45) is 11.3 Å². The van der Waals surface area contributed by atoms with Gasteiger partial charge in [0, 0.05) is 18.1 Å². The number of hydrogen-bond acceptors (Lipinski definition) is 5. The van der Waals surface area contributed by atoms with Gasteiger partial charge in [0.25, 0.3) is 0 Å². The highest BCUT2D eigenvalue weighted by atomic mass is 32.1. The summed E-state index contributed by atoms with van der Waals surface area (Å²) in [4.78, 5) is 29.0. The van der Waals surface area contributed by atoms with Crippen molar-refractivity contribution < 1.29 is 14.7 Å². The zero-order valence-corrected chi connectivity index (χ0v) is 11.2. The van der Waals surface area contributed by atoms with E-state index in [1.54, 1.807) is 11.6 Å². The maximum absolute atomic E-state index is 11.8. The molecule has 3 rings (SSSR count). The van der Waals surface area contributed by atoms with Crippen molar-refractivity contribution in [1.82, 2.24) is 9.88 Å². The molecule has 1 aliphatic heterocycles. The van der Waals surface area contributed by atoms with Gasteiger partial charge >= 0.3 is 5.97 Å². The van der Waals surface area contributed by atoms with Crippen LogP contribution in [0.1, 0.15) is 12.8 Å². The monoisotopic (exact) mass is 281 g/mol. The number of nitrogens with one attached hydrogen (secondary N) is 1. The Kier molecular flexibility index (Phi) is 3.02. The van der Waals surface area contributed by atoms with Gasteiger partial charge in [0.15, 0.2) is 5.13 Å². The third-order valence-corrected chi connectivity index (χ3v) is 4.69. The molecule has 2 N–H and O–H groups in total. The molecule has 2 heterocycles. The van der Waals surface area contributed by atoms with Crippen LogP contribution in [0, 0.1) is 11.3 Å². The number of carboxylic acid groups (broad SMARTS) is 1. The van der Waals surface area contributed by atoms with E-state index in [1.807, 2.05) is 4.90 Å². The number of rotatable bonds is 4. The summed E-state index contributed by atoms with van der Waals surface area (Å²) < 4.78 is 0. The van der Waals surface area contributed by atoms with Crippen LogP contribution in [-0.2, 0) is 9.59 Å². The van der Waals surface area contributed by atoms with Crippen molar-refractivity contribution in [2.75, 3.05) is 25.0 Å². The number of carbonyl (C=O) groups excluding carboxylic acids is 1. The van der Waals surface area contributed by atoms with Crippen molar-refractivity contribution >= 4 is 28.3 Å². The molecular formula is C12H15N3O3S. The number of amides is 1. The molecule has 6 nitrogen and oxygen atoms in total.